The van der Waals surface area contributed by atoms with Crippen LogP contribution in [0.3, 0.4) is 0 Å². The summed E-state index contributed by atoms with van der Waals surface area (Å²) in [5, 5.41) is 11.1. The molecule has 4 heteroatoms. The van der Waals surface area contributed by atoms with Gasteiger partial charge in [0.05, 0.1) is 0 Å². The Kier molecular flexibility index (Phi) is 2.60. The number of hydrogen-bond donors (Lipinski definition) is 2. The van der Waals surface area contributed by atoms with E-state index in [1.807, 2.05) is 6.07 Å². The Morgan fingerprint density at radius 3 is 2.57 bits per heavy atom. The summed E-state index contributed by atoms with van der Waals surface area (Å²) in [6.45, 7) is 0. The number of rotatable bonds is 2. The highest BCUT2D eigenvalue weighted by Gasteiger charge is 2.17. The number of nitrogens with one attached hydrogen (secondary N) is 1. The van der Waals surface area contributed by atoms with Crippen molar-refractivity contribution >= 4 is 17.3 Å². The topological polar surface area (TPSA) is 63.8 Å². The number of benzene rings is 2. The van der Waals surface area contributed by atoms with Crippen molar-refractivity contribution in [3.05, 3.63) is 65.7 Å². The molecule has 1 aliphatic carbocycles. The monoisotopic (exact) mass is 274 g/mol. The number of anilines is 3. The van der Waals surface area contributed by atoms with E-state index in [0.717, 1.165) is 12.1 Å². The van der Waals surface area contributed by atoms with E-state index < -0.39 is 0 Å². The van der Waals surface area contributed by atoms with Crippen molar-refractivity contribution in [2.45, 2.75) is 6.42 Å². The van der Waals surface area contributed by atoms with Gasteiger partial charge in [-0.2, -0.15) is 0 Å². The highest BCUT2D eigenvalue weighted by Crippen LogP contribution is 2.37. The van der Waals surface area contributed by atoms with Gasteiger partial charge in [-0.05, 0) is 52.9 Å². The lowest BCUT2D eigenvalue weighted by Crippen LogP contribution is -1.98. The minimum Gasteiger partial charge on any atom is -0.382 e. The standard InChI is InChI=1S/C17H14N4/c18-16-7-8-17(21-20-16)19-13-5-6-15-12(10-13)9-11-3-1-2-4-14(11)15/h1-8,10H,9H2,(H2,18,20)(H,19,21). The molecule has 1 aliphatic rings. The van der Waals surface area contributed by atoms with Gasteiger partial charge >= 0.3 is 0 Å². The molecule has 102 valence electrons. The first kappa shape index (κ1) is 11.9. The molecule has 3 N–H and O–H groups in total. The average molecular weight is 274 g/mol. The number of nitrogens with zero attached hydrogens (tertiary/aromatic N) is 2. The largest absolute Gasteiger partial charge is 0.382 e. The molecule has 0 aliphatic heterocycles. The predicted molar refractivity (Wildman–Crippen MR) is 84.4 cm³/mol. The number of fused-ring (bicyclic) bond motifs is 3. The predicted octanol–water partition coefficient (Wildman–Crippen LogP) is 3.37. The van der Waals surface area contributed by atoms with Crippen molar-refractivity contribution in [1.82, 2.24) is 10.2 Å². The molecule has 0 saturated heterocycles. The minimum absolute atomic E-state index is 0.421. The third-order valence-electron chi connectivity index (χ3n) is 3.75. The van der Waals surface area contributed by atoms with Gasteiger partial charge in [0.1, 0.15) is 5.82 Å². The third kappa shape index (κ3) is 2.10. The Bertz CT molecular complexity index is 809. The SMILES string of the molecule is Nc1ccc(Nc2ccc3c(c2)Cc2ccccc2-3)nn1. The second-order valence-corrected chi connectivity index (χ2v) is 5.17. The summed E-state index contributed by atoms with van der Waals surface area (Å²) in [6.07, 6.45) is 0.981. The lowest BCUT2D eigenvalue weighted by molar-refractivity contribution is 1.05. The molecule has 4 nitrogen and oxygen atoms in total. The average Bonchev–Trinajstić information content (AvgIpc) is 2.87. The lowest BCUT2D eigenvalue weighted by atomic mass is 10.1. The molecule has 0 bridgehead atoms. The molecule has 21 heavy (non-hydrogen) atoms. The first-order valence-electron chi connectivity index (χ1n) is 6.87. The number of hydrogen-bond acceptors (Lipinski definition) is 4. The smallest absolute Gasteiger partial charge is 0.153 e. The van der Waals surface area contributed by atoms with Crippen molar-refractivity contribution in [3.8, 4) is 11.1 Å². The third-order valence-corrected chi connectivity index (χ3v) is 3.75. The molecule has 2 aromatic carbocycles. The summed E-state index contributed by atoms with van der Waals surface area (Å²) in [6, 6.07) is 18.5. The van der Waals surface area contributed by atoms with Gasteiger partial charge in [0, 0.05) is 5.69 Å². The summed E-state index contributed by atoms with van der Waals surface area (Å²) in [4.78, 5) is 0. The molecule has 0 radical (unpaired) electrons. The lowest BCUT2D eigenvalue weighted by Gasteiger charge is -2.07. The molecule has 1 heterocycles. The fraction of sp³-hybridized carbons (Fsp3) is 0.0588. The van der Waals surface area contributed by atoms with Crippen LogP contribution < -0.4 is 11.1 Å². The summed E-state index contributed by atoms with van der Waals surface area (Å²) in [5.74, 6) is 1.12. The molecule has 0 unspecified atom stereocenters. The zero-order valence-electron chi connectivity index (χ0n) is 11.4. The Labute approximate surface area is 122 Å². The number of nitrogen functional groups attached to an aromatic ring is 1. The van der Waals surface area contributed by atoms with Crippen LogP contribution in [0.1, 0.15) is 11.1 Å². The zero-order chi connectivity index (χ0) is 14.2. The fourth-order valence-corrected chi connectivity index (χ4v) is 2.78. The Morgan fingerprint density at radius 2 is 1.71 bits per heavy atom. The van der Waals surface area contributed by atoms with E-state index in [1.165, 1.54) is 22.3 Å². The van der Waals surface area contributed by atoms with Crippen molar-refractivity contribution in [2.75, 3.05) is 11.1 Å². The van der Waals surface area contributed by atoms with E-state index >= 15 is 0 Å². The molecule has 1 aromatic heterocycles. The summed E-state index contributed by atoms with van der Waals surface area (Å²) >= 11 is 0. The van der Waals surface area contributed by atoms with Gasteiger partial charge < -0.3 is 11.1 Å². The molecule has 0 saturated carbocycles. The van der Waals surface area contributed by atoms with Crippen LogP contribution in [0, 0.1) is 0 Å². The maximum absolute atomic E-state index is 5.54. The van der Waals surface area contributed by atoms with E-state index in [2.05, 4.69) is 58.0 Å². The minimum atomic E-state index is 0.421. The van der Waals surface area contributed by atoms with Crippen molar-refractivity contribution in [3.63, 3.8) is 0 Å². The van der Waals surface area contributed by atoms with Gasteiger partial charge in [0.2, 0.25) is 0 Å². The molecule has 0 spiro atoms. The van der Waals surface area contributed by atoms with Crippen LogP contribution in [0.4, 0.5) is 17.3 Å². The van der Waals surface area contributed by atoms with Gasteiger partial charge in [0.15, 0.2) is 5.82 Å². The number of nitrogens with two attached hydrogens (primary N) is 1. The fourth-order valence-electron chi connectivity index (χ4n) is 2.78. The van der Waals surface area contributed by atoms with Crippen LogP contribution in [0.15, 0.2) is 54.6 Å². The Hall–Kier alpha value is -2.88. The van der Waals surface area contributed by atoms with Gasteiger partial charge in [-0.3, -0.25) is 0 Å². The number of aromatic nitrogens is 2. The van der Waals surface area contributed by atoms with Crippen molar-refractivity contribution in [2.24, 2.45) is 0 Å². The van der Waals surface area contributed by atoms with Crippen LogP contribution in [0.25, 0.3) is 11.1 Å². The molecule has 0 atom stereocenters. The van der Waals surface area contributed by atoms with Gasteiger partial charge in [-0.1, -0.05) is 30.3 Å². The first-order valence-corrected chi connectivity index (χ1v) is 6.87. The summed E-state index contributed by atoms with van der Waals surface area (Å²) in [5.41, 5.74) is 11.9. The highest BCUT2D eigenvalue weighted by molar-refractivity contribution is 5.79. The maximum Gasteiger partial charge on any atom is 0.153 e. The molecule has 3 aromatic rings. The van der Waals surface area contributed by atoms with Crippen LogP contribution in [-0.2, 0) is 6.42 Å². The molecular weight excluding hydrogens is 260 g/mol. The second-order valence-electron chi connectivity index (χ2n) is 5.17. The zero-order valence-corrected chi connectivity index (χ0v) is 11.4. The van der Waals surface area contributed by atoms with Crippen molar-refractivity contribution < 1.29 is 0 Å². The van der Waals surface area contributed by atoms with Crippen LogP contribution in [0.2, 0.25) is 0 Å². The van der Waals surface area contributed by atoms with Gasteiger partial charge in [0.25, 0.3) is 0 Å². The maximum atomic E-state index is 5.54. The Balaban J connectivity index is 1.65. The van der Waals surface area contributed by atoms with Gasteiger partial charge in [-0.25, -0.2) is 0 Å². The normalized spacial score (nSPS) is 11.8. The van der Waals surface area contributed by atoms with E-state index in [1.54, 1.807) is 6.07 Å². The van der Waals surface area contributed by atoms with E-state index in [0.29, 0.717) is 11.6 Å². The van der Waals surface area contributed by atoms with E-state index in [-0.39, 0.29) is 0 Å². The van der Waals surface area contributed by atoms with Crippen molar-refractivity contribution in [1.29, 1.82) is 0 Å². The summed E-state index contributed by atoms with van der Waals surface area (Å²) in [7, 11) is 0. The molecule has 4 rings (SSSR count). The molecular formula is C17H14N4. The molecule has 0 amide bonds. The van der Waals surface area contributed by atoms with E-state index in [4.69, 9.17) is 5.73 Å². The van der Waals surface area contributed by atoms with Crippen LogP contribution in [0.5, 0.6) is 0 Å². The van der Waals surface area contributed by atoms with Crippen LogP contribution >= 0.6 is 0 Å². The van der Waals surface area contributed by atoms with E-state index in [9.17, 15) is 0 Å². The van der Waals surface area contributed by atoms with Crippen LogP contribution in [-0.4, -0.2) is 10.2 Å². The first-order chi connectivity index (χ1) is 10.3. The van der Waals surface area contributed by atoms with Gasteiger partial charge in [-0.15, -0.1) is 10.2 Å². The quantitative estimate of drug-likeness (QED) is 0.588. The summed E-state index contributed by atoms with van der Waals surface area (Å²) < 4.78 is 0. The molecule has 0 fully saturated rings. The Morgan fingerprint density at radius 1 is 0.857 bits per heavy atom. The highest BCUT2D eigenvalue weighted by atomic mass is 15.2. The second kappa shape index (κ2) is 4.59.